The van der Waals surface area contributed by atoms with Crippen LogP contribution in [0.15, 0.2) is 52.4 Å². The van der Waals surface area contributed by atoms with Gasteiger partial charge >= 0.3 is 0 Å². The first-order valence-electron chi connectivity index (χ1n) is 7.25. The Balaban J connectivity index is 1.83. The van der Waals surface area contributed by atoms with Gasteiger partial charge in [0.2, 0.25) is 0 Å². The summed E-state index contributed by atoms with van der Waals surface area (Å²) in [6.45, 7) is 1.98. The van der Waals surface area contributed by atoms with Crippen LogP contribution in [0.5, 0.6) is 5.75 Å². The molecule has 6 heteroatoms. The highest BCUT2D eigenvalue weighted by Gasteiger charge is 2.23. The molecule has 1 N–H and O–H groups in total. The van der Waals surface area contributed by atoms with E-state index in [-0.39, 0.29) is 5.91 Å². The lowest BCUT2D eigenvalue weighted by Gasteiger charge is -2.05. The van der Waals surface area contributed by atoms with Crippen molar-refractivity contribution in [1.29, 1.82) is 0 Å². The van der Waals surface area contributed by atoms with Gasteiger partial charge < -0.3 is 10.1 Å². The number of ether oxygens (including phenoxy) is 1. The van der Waals surface area contributed by atoms with Crippen LogP contribution in [0.2, 0.25) is 5.02 Å². The van der Waals surface area contributed by atoms with Crippen LogP contribution in [-0.2, 0) is 4.79 Å². The maximum absolute atomic E-state index is 12.1. The Hall–Kier alpha value is -2.24. The Morgan fingerprint density at radius 2 is 1.96 bits per heavy atom. The second kappa shape index (κ2) is 7.11. The minimum absolute atomic E-state index is 0.160. The number of amidine groups is 1. The lowest BCUT2D eigenvalue weighted by atomic mass is 10.1. The zero-order valence-corrected chi connectivity index (χ0v) is 14.7. The van der Waals surface area contributed by atoms with Gasteiger partial charge in [0.15, 0.2) is 5.17 Å². The lowest BCUT2D eigenvalue weighted by Crippen LogP contribution is -2.19. The number of amides is 1. The molecule has 0 spiro atoms. The molecule has 1 aliphatic heterocycles. The smallest absolute Gasteiger partial charge is 0.264 e. The first-order valence-corrected chi connectivity index (χ1v) is 8.44. The Morgan fingerprint density at radius 1 is 1.21 bits per heavy atom. The minimum Gasteiger partial charge on any atom is -0.496 e. The molecule has 0 aliphatic carbocycles. The Morgan fingerprint density at radius 3 is 2.67 bits per heavy atom. The molecule has 2 aromatic rings. The number of rotatable bonds is 3. The van der Waals surface area contributed by atoms with Crippen LogP contribution < -0.4 is 10.1 Å². The van der Waals surface area contributed by atoms with E-state index in [1.54, 1.807) is 31.4 Å². The molecule has 3 rings (SSSR count). The van der Waals surface area contributed by atoms with Crippen LogP contribution in [-0.4, -0.2) is 18.2 Å². The Kier molecular flexibility index (Phi) is 4.92. The number of carbonyl (C=O) groups is 1. The van der Waals surface area contributed by atoms with E-state index in [1.165, 1.54) is 11.8 Å². The molecule has 1 fully saturated rings. The molecule has 0 saturated carbocycles. The van der Waals surface area contributed by atoms with Crippen molar-refractivity contribution in [2.24, 2.45) is 4.99 Å². The first-order chi connectivity index (χ1) is 11.5. The molecule has 122 valence electrons. The number of thioether (sulfide) groups is 1. The first kappa shape index (κ1) is 16.6. The minimum atomic E-state index is -0.160. The van der Waals surface area contributed by atoms with Gasteiger partial charge in [-0.15, -0.1) is 0 Å². The van der Waals surface area contributed by atoms with Crippen molar-refractivity contribution in [3.63, 3.8) is 0 Å². The summed E-state index contributed by atoms with van der Waals surface area (Å²) in [5.74, 6) is 0.634. The molecule has 0 unspecified atom stereocenters. The van der Waals surface area contributed by atoms with Crippen LogP contribution >= 0.6 is 23.4 Å². The number of aliphatic imine (C=N–C) groups is 1. The average Bonchev–Trinajstić information content (AvgIpc) is 2.91. The number of aryl methyl sites for hydroxylation is 1. The Labute approximate surface area is 149 Å². The standard InChI is InChI=1S/C18H15ClN2O2S/c1-11-3-4-12(9-15(11)23-2)10-16-17(22)21-18(24-16)20-14-7-5-13(19)6-8-14/h3-10H,1-2H3,(H,20,21,22). The van der Waals surface area contributed by atoms with E-state index in [0.717, 1.165) is 22.6 Å². The zero-order valence-electron chi connectivity index (χ0n) is 13.2. The van der Waals surface area contributed by atoms with Gasteiger partial charge in [0, 0.05) is 5.02 Å². The predicted octanol–water partition coefficient (Wildman–Crippen LogP) is 4.55. The number of methoxy groups -OCH3 is 1. The Bertz CT molecular complexity index is 845. The quantitative estimate of drug-likeness (QED) is 0.819. The SMILES string of the molecule is COc1cc(C=C2SC(=Nc3ccc(Cl)cc3)NC2=O)ccc1C. The summed E-state index contributed by atoms with van der Waals surface area (Å²) in [5.41, 5.74) is 2.69. The second-order valence-corrected chi connectivity index (χ2v) is 6.65. The highest BCUT2D eigenvalue weighted by molar-refractivity contribution is 8.18. The number of nitrogens with zero attached hydrogens (tertiary/aromatic N) is 1. The fourth-order valence-corrected chi connectivity index (χ4v) is 3.16. The summed E-state index contributed by atoms with van der Waals surface area (Å²) < 4.78 is 5.32. The summed E-state index contributed by atoms with van der Waals surface area (Å²) in [5, 5.41) is 3.97. The van der Waals surface area contributed by atoms with Gasteiger partial charge in [-0.25, -0.2) is 4.99 Å². The fourth-order valence-electron chi connectivity index (χ4n) is 2.19. The summed E-state index contributed by atoms with van der Waals surface area (Å²) >= 11 is 7.16. The summed E-state index contributed by atoms with van der Waals surface area (Å²) in [6, 6.07) is 12.9. The van der Waals surface area contributed by atoms with E-state index in [1.807, 2.05) is 31.2 Å². The van der Waals surface area contributed by atoms with Crippen LogP contribution in [0.3, 0.4) is 0 Å². The number of benzene rings is 2. The van der Waals surface area contributed by atoms with Crippen LogP contribution in [0.1, 0.15) is 11.1 Å². The zero-order chi connectivity index (χ0) is 17.1. The van der Waals surface area contributed by atoms with Gasteiger partial charge in [-0.2, -0.15) is 0 Å². The van der Waals surface area contributed by atoms with Crippen LogP contribution in [0.4, 0.5) is 5.69 Å². The average molecular weight is 359 g/mol. The molecule has 1 aliphatic rings. The lowest BCUT2D eigenvalue weighted by molar-refractivity contribution is -0.115. The number of carbonyl (C=O) groups excluding carboxylic acids is 1. The molecular weight excluding hydrogens is 344 g/mol. The maximum Gasteiger partial charge on any atom is 0.264 e. The van der Waals surface area contributed by atoms with E-state index < -0.39 is 0 Å². The molecule has 24 heavy (non-hydrogen) atoms. The molecule has 2 aromatic carbocycles. The van der Waals surface area contributed by atoms with Gasteiger partial charge in [-0.1, -0.05) is 23.7 Å². The summed E-state index contributed by atoms with van der Waals surface area (Å²) in [7, 11) is 1.63. The van der Waals surface area contributed by atoms with Gasteiger partial charge in [0.1, 0.15) is 5.75 Å². The highest BCUT2D eigenvalue weighted by atomic mass is 35.5. The van der Waals surface area contributed by atoms with E-state index in [4.69, 9.17) is 16.3 Å². The van der Waals surface area contributed by atoms with Gasteiger partial charge in [-0.05, 0) is 66.2 Å². The van der Waals surface area contributed by atoms with E-state index >= 15 is 0 Å². The molecule has 0 radical (unpaired) electrons. The van der Waals surface area contributed by atoms with E-state index in [9.17, 15) is 4.79 Å². The van der Waals surface area contributed by atoms with Gasteiger partial charge in [-0.3, -0.25) is 4.79 Å². The third-order valence-corrected chi connectivity index (χ3v) is 4.60. The van der Waals surface area contributed by atoms with Gasteiger partial charge in [0.05, 0.1) is 17.7 Å². The van der Waals surface area contributed by atoms with Crippen LogP contribution in [0.25, 0.3) is 6.08 Å². The molecule has 4 nitrogen and oxygen atoms in total. The summed E-state index contributed by atoms with van der Waals surface area (Å²) in [6.07, 6.45) is 1.83. The third-order valence-electron chi connectivity index (χ3n) is 3.44. The molecule has 1 saturated heterocycles. The second-order valence-electron chi connectivity index (χ2n) is 5.19. The normalized spacial score (nSPS) is 17.4. The largest absolute Gasteiger partial charge is 0.496 e. The van der Waals surface area contributed by atoms with Gasteiger partial charge in [0.25, 0.3) is 5.91 Å². The topological polar surface area (TPSA) is 50.7 Å². The van der Waals surface area contributed by atoms with Crippen molar-refractivity contribution < 1.29 is 9.53 Å². The van der Waals surface area contributed by atoms with E-state index in [0.29, 0.717) is 15.1 Å². The molecule has 0 bridgehead atoms. The summed E-state index contributed by atoms with van der Waals surface area (Å²) in [4.78, 5) is 17.1. The number of hydrogen-bond donors (Lipinski definition) is 1. The van der Waals surface area contributed by atoms with Crippen LogP contribution in [0, 0.1) is 6.92 Å². The highest BCUT2D eigenvalue weighted by Crippen LogP contribution is 2.29. The number of hydrogen-bond acceptors (Lipinski definition) is 4. The van der Waals surface area contributed by atoms with Crippen molar-refractivity contribution in [3.8, 4) is 5.75 Å². The number of halogens is 1. The van der Waals surface area contributed by atoms with Crippen molar-refractivity contribution >= 4 is 46.2 Å². The molecular formula is C18H15ClN2O2S. The predicted molar refractivity (Wildman–Crippen MR) is 100.0 cm³/mol. The molecule has 1 amide bonds. The van der Waals surface area contributed by atoms with E-state index in [2.05, 4.69) is 10.3 Å². The molecule has 0 aromatic heterocycles. The number of nitrogens with one attached hydrogen (secondary N) is 1. The van der Waals surface area contributed by atoms with Crippen molar-refractivity contribution in [3.05, 3.63) is 63.5 Å². The molecule has 1 heterocycles. The maximum atomic E-state index is 12.1. The van der Waals surface area contributed by atoms with Crippen molar-refractivity contribution in [2.45, 2.75) is 6.92 Å². The monoisotopic (exact) mass is 358 g/mol. The molecule has 0 atom stereocenters. The van der Waals surface area contributed by atoms with Crippen molar-refractivity contribution in [1.82, 2.24) is 5.32 Å². The third kappa shape index (κ3) is 3.80. The fraction of sp³-hybridized carbons (Fsp3) is 0.111. The van der Waals surface area contributed by atoms with Crippen molar-refractivity contribution in [2.75, 3.05) is 7.11 Å².